The molecule has 0 aliphatic carbocycles. The minimum Gasteiger partial charge on any atom is -0.444 e. The van der Waals surface area contributed by atoms with Crippen molar-refractivity contribution >= 4 is 6.09 Å². The maximum Gasteiger partial charge on any atom is 0.411 e. The van der Waals surface area contributed by atoms with Gasteiger partial charge in [-0.15, -0.1) is 0 Å². The lowest BCUT2D eigenvalue weighted by Gasteiger charge is -2.29. The average molecular weight is 294 g/mol. The molecule has 0 aromatic heterocycles. The molecular weight excluding hydrogens is 268 g/mol. The molecule has 21 heavy (non-hydrogen) atoms. The first-order chi connectivity index (χ1) is 9.79. The van der Waals surface area contributed by atoms with Crippen molar-refractivity contribution in [2.45, 2.75) is 63.7 Å². The highest BCUT2D eigenvalue weighted by atomic mass is 16.6. The van der Waals surface area contributed by atoms with Crippen LogP contribution in [0.2, 0.25) is 0 Å². The molecule has 2 atom stereocenters. The second kappa shape index (κ2) is 6.25. The van der Waals surface area contributed by atoms with Gasteiger partial charge < -0.3 is 15.2 Å². The summed E-state index contributed by atoms with van der Waals surface area (Å²) >= 11 is 0. The van der Waals surface area contributed by atoms with E-state index in [1.807, 2.05) is 20.8 Å². The molecule has 0 aromatic carbocycles. The molecule has 0 saturated carbocycles. The molecule has 2 heterocycles. The summed E-state index contributed by atoms with van der Waals surface area (Å²) in [4.78, 5) is 13.8. The number of ether oxygens (including phenoxy) is 1. The third-order valence-corrected chi connectivity index (χ3v) is 3.71. The van der Waals surface area contributed by atoms with Crippen LogP contribution in [0.15, 0.2) is 0 Å². The monoisotopic (exact) mass is 294 g/mol. The quantitative estimate of drug-likeness (QED) is 0.665. The fourth-order valence-corrected chi connectivity index (χ4v) is 2.67. The van der Waals surface area contributed by atoms with Crippen molar-refractivity contribution in [3.63, 3.8) is 0 Å². The zero-order valence-corrected chi connectivity index (χ0v) is 13.2. The number of nitrogens with zero attached hydrogens (tertiary/aromatic N) is 1. The van der Waals surface area contributed by atoms with E-state index in [1.54, 1.807) is 4.90 Å². The Morgan fingerprint density at radius 1 is 1.43 bits per heavy atom. The molecule has 0 radical (unpaired) electrons. The van der Waals surface area contributed by atoms with Gasteiger partial charge in [0.25, 0.3) is 0 Å². The molecule has 0 aromatic rings. The number of carbonyl (C=O) groups is 1. The first-order valence-electron chi connectivity index (χ1n) is 7.75. The van der Waals surface area contributed by atoms with Crippen LogP contribution >= 0.6 is 0 Å². The Hall–Kier alpha value is -1.25. The number of hydrogen-bond donors (Lipinski definition) is 2. The summed E-state index contributed by atoms with van der Waals surface area (Å²) < 4.78 is 5.41. The van der Waals surface area contributed by atoms with Gasteiger partial charge in [0.2, 0.25) is 0 Å². The van der Waals surface area contributed by atoms with Gasteiger partial charge in [-0.3, -0.25) is 4.90 Å². The van der Waals surface area contributed by atoms with E-state index in [-0.39, 0.29) is 12.1 Å². The summed E-state index contributed by atoms with van der Waals surface area (Å²) in [5.41, 5.74) is -1.45. The molecule has 0 bridgehead atoms. The van der Waals surface area contributed by atoms with Crippen LogP contribution in [0.4, 0.5) is 4.79 Å². The standard InChI is InChI=1S/C16H26N2O3/c1-15(2,3)21-14(19)18-11-4-6-13(18)7-9-16(20)8-5-10-17-12-16/h13,17,20H,4-6,8,10-12H2,1-3H3. The summed E-state index contributed by atoms with van der Waals surface area (Å²) in [5, 5.41) is 13.5. The highest BCUT2D eigenvalue weighted by Crippen LogP contribution is 2.21. The topological polar surface area (TPSA) is 61.8 Å². The minimum atomic E-state index is -0.958. The van der Waals surface area contributed by atoms with Crippen LogP contribution < -0.4 is 5.32 Å². The van der Waals surface area contributed by atoms with Gasteiger partial charge in [-0.25, -0.2) is 4.79 Å². The van der Waals surface area contributed by atoms with E-state index < -0.39 is 11.2 Å². The molecule has 2 unspecified atom stereocenters. The van der Waals surface area contributed by atoms with E-state index in [1.165, 1.54) is 0 Å². The zero-order valence-electron chi connectivity index (χ0n) is 13.2. The molecule has 118 valence electrons. The molecule has 2 aliphatic heterocycles. The van der Waals surface area contributed by atoms with Gasteiger partial charge in [-0.2, -0.15) is 0 Å². The fourth-order valence-electron chi connectivity index (χ4n) is 2.67. The Kier molecular flexibility index (Phi) is 4.80. The summed E-state index contributed by atoms with van der Waals surface area (Å²) in [5.74, 6) is 6.07. The van der Waals surface area contributed by atoms with Gasteiger partial charge in [-0.1, -0.05) is 11.8 Å². The lowest BCUT2D eigenvalue weighted by atomic mass is 9.94. The van der Waals surface area contributed by atoms with Gasteiger partial charge in [-0.05, 0) is 53.0 Å². The van der Waals surface area contributed by atoms with Crippen LogP contribution in [-0.2, 0) is 4.74 Å². The van der Waals surface area contributed by atoms with E-state index in [4.69, 9.17) is 4.74 Å². The number of piperidine rings is 1. The molecule has 2 fully saturated rings. The van der Waals surface area contributed by atoms with Crippen LogP contribution in [0.3, 0.4) is 0 Å². The average Bonchev–Trinajstić information content (AvgIpc) is 2.84. The highest BCUT2D eigenvalue weighted by Gasteiger charge is 2.32. The number of β-amino-alcohol motifs (C(OH)–C–C–N with tert-alkyl or cyclic N) is 1. The molecule has 2 saturated heterocycles. The summed E-state index contributed by atoms with van der Waals surface area (Å²) in [7, 11) is 0. The van der Waals surface area contributed by atoms with Gasteiger partial charge in [0.15, 0.2) is 0 Å². The number of rotatable bonds is 0. The highest BCUT2D eigenvalue weighted by molar-refractivity contribution is 5.69. The number of amides is 1. The van der Waals surface area contributed by atoms with Gasteiger partial charge in [0.1, 0.15) is 11.2 Å². The number of likely N-dealkylation sites (tertiary alicyclic amines) is 1. The lowest BCUT2D eigenvalue weighted by Crippen LogP contribution is -2.45. The Morgan fingerprint density at radius 3 is 2.81 bits per heavy atom. The van der Waals surface area contributed by atoms with Crippen LogP contribution in [0.5, 0.6) is 0 Å². The molecule has 5 nitrogen and oxygen atoms in total. The normalized spacial score (nSPS) is 29.7. The van der Waals surface area contributed by atoms with E-state index in [9.17, 15) is 9.90 Å². The van der Waals surface area contributed by atoms with E-state index >= 15 is 0 Å². The van der Waals surface area contributed by atoms with Crippen LogP contribution in [-0.4, -0.2) is 53.0 Å². The lowest BCUT2D eigenvalue weighted by molar-refractivity contribution is 0.0259. The summed E-state index contributed by atoms with van der Waals surface area (Å²) in [6.07, 6.45) is 3.07. The minimum absolute atomic E-state index is 0.147. The number of aliphatic hydroxyl groups is 1. The van der Waals surface area contributed by atoms with Crippen molar-refractivity contribution in [3.05, 3.63) is 0 Å². The Balaban J connectivity index is 2.01. The molecule has 5 heteroatoms. The third-order valence-electron chi connectivity index (χ3n) is 3.71. The molecule has 2 aliphatic rings. The molecule has 1 amide bonds. The maximum absolute atomic E-state index is 12.2. The maximum atomic E-state index is 12.2. The number of carbonyl (C=O) groups excluding carboxylic acids is 1. The van der Waals surface area contributed by atoms with E-state index in [0.717, 1.165) is 25.8 Å². The summed E-state index contributed by atoms with van der Waals surface area (Å²) in [6.45, 7) is 7.68. The van der Waals surface area contributed by atoms with Gasteiger partial charge in [0, 0.05) is 13.1 Å². The van der Waals surface area contributed by atoms with Crippen molar-refractivity contribution in [2.75, 3.05) is 19.6 Å². The number of nitrogens with one attached hydrogen (secondary N) is 1. The molecular formula is C16H26N2O3. The SMILES string of the molecule is CC(C)(C)OC(=O)N1CCCC1C#CC1(O)CCCNC1. The smallest absolute Gasteiger partial charge is 0.411 e. The Bertz CT molecular complexity index is 439. The first kappa shape index (κ1) is 16.1. The van der Waals surface area contributed by atoms with Crippen LogP contribution in [0, 0.1) is 11.8 Å². The van der Waals surface area contributed by atoms with Crippen molar-refractivity contribution in [3.8, 4) is 11.8 Å². The molecule has 2 rings (SSSR count). The van der Waals surface area contributed by atoms with E-state index in [2.05, 4.69) is 17.2 Å². The van der Waals surface area contributed by atoms with Crippen molar-refractivity contribution in [2.24, 2.45) is 0 Å². The second-order valence-corrected chi connectivity index (χ2v) is 6.91. The second-order valence-electron chi connectivity index (χ2n) is 6.91. The third kappa shape index (κ3) is 4.62. The first-order valence-corrected chi connectivity index (χ1v) is 7.75. The van der Waals surface area contributed by atoms with Crippen LogP contribution in [0.1, 0.15) is 46.5 Å². The molecule has 0 spiro atoms. The molecule has 2 N–H and O–H groups in total. The Labute approximate surface area is 127 Å². The van der Waals surface area contributed by atoms with E-state index in [0.29, 0.717) is 19.5 Å². The Morgan fingerprint density at radius 2 is 2.19 bits per heavy atom. The summed E-state index contributed by atoms with van der Waals surface area (Å²) in [6, 6.07) is -0.147. The predicted octanol–water partition coefficient (Wildman–Crippen LogP) is 1.50. The van der Waals surface area contributed by atoms with Gasteiger partial charge in [0.05, 0.1) is 6.04 Å². The predicted molar refractivity (Wildman–Crippen MR) is 80.8 cm³/mol. The van der Waals surface area contributed by atoms with Crippen molar-refractivity contribution in [1.82, 2.24) is 10.2 Å². The van der Waals surface area contributed by atoms with Crippen molar-refractivity contribution in [1.29, 1.82) is 0 Å². The van der Waals surface area contributed by atoms with Gasteiger partial charge >= 0.3 is 6.09 Å². The fraction of sp³-hybridized carbons (Fsp3) is 0.812. The largest absolute Gasteiger partial charge is 0.444 e. The van der Waals surface area contributed by atoms with Crippen molar-refractivity contribution < 1.29 is 14.6 Å². The number of hydrogen-bond acceptors (Lipinski definition) is 4. The van der Waals surface area contributed by atoms with Crippen LogP contribution in [0.25, 0.3) is 0 Å². The zero-order chi connectivity index (χ0) is 15.5.